The van der Waals surface area contributed by atoms with Gasteiger partial charge in [0.2, 0.25) is 11.7 Å². The molecule has 30 heavy (non-hydrogen) atoms. The Morgan fingerprint density at radius 1 is 1.20 bits per heavy atom. The molecule has 0 radical (unpaired) electrons. The molecule has 1 amide bonds. The minimum atomic E-state index is -3.79. The molecule has 10 heteroatoms. The van der Waals surface area contributed by atoms with Gasteiger partial charge in [-0.25, -0.2) is 8.96 Å². The fourth-order valence-electron chi connectivity index (χ4n) is 4.05. The summed E-state index contributed by atoms with van der Waals surface area (Å²) in [4.78, 5) is 24.5. The van der Waals surface area contributed by atoms with Crippen molar-refractivity contribution >= 4 is 19.5 Å². The molecule has 0 spiro atoms. The average molecular weight is 437 g/mol. The van der Waals surface area contributed by atoms with Crippen molar-refractivity contribution in [1.82, 2.24) is 4.90 Å². The fraction of sp³-hybridized carbons (Fsp3) is 0.500. The van der Waals surface area contributed by atoms with Crippen molar-refractivity contribution in [3.63, 3.8) is 0 Å². The van der Waals surface area contributed by atoms with Crippen LogP contribution in [0.5, 0.6) is 0 Å². The van der Waals surface area contributed by atoms with Crippen molar-refractivity contribution in [2.24, 2.45) is 0 Å². The Labute approximate surface area is 172 Å². The predicted molar refractivity (Wildman–Crippen MR) is 101 cm³/mol. The number of Topliss-reactive ketones (excluding diaryl/α,β-unsaturated/α-hetero) is 1. The lowest BCUT2D eigenvalue weighted by Gasteiger charge is -2.31. The minimum Gasteiger partial charge on any atom is -0.349 e. The van der Waals surface area contributed by atoms with Gasteiger partial charge in [-0.1, -0.05) is 30.3 Å². The van der Waals surface area contributed by atoms with Crippen LogP contribution in [-0.4, -0.2) is 48.2 Å². The van der Waals surface area contributed by atoms with E-state index in [4.69, 9.17) is 18.3 Å². The molecule has 1 aliphatic carbocycles. The molecule has 1 unspecified atom stereocenters. The number of allylic oxidation sites excluding steroid dienone is 1. The number of ether oxygens (including phenoxy) is 1. The zero-order valence-corrected chi connectivity index (χ0v) is 17.0. The molecule has 3 aliphatic heterocycles. The monoisotopic (exact) mass is 437 g/mol. The summed E-state index contributed by atoms with van der Waals surface area (Å²) in [6.07, 6.45) is 0.344. The number of nitrogens with zero attached hydrogens (tertiary/aromatic N) is 1. The molecule has 3 fully saturated rings. The summed E-state index contributed by atoms with van der Waals surface area (Å²) in [5, 5.41) is 0. The number of hydrogen-bond donors (Lipinski definition) is 0. The summed E-state index contributed by atoms with van der Waals surface area (Å²) in [6.45, 7) is 0.195. The van der Waals surface area contributed by atoms with Gasteiger partial charge in [-0.3, -0.25) is 28.1 Å². The van der Waals surface area contributed by atoms with Gasteiger partial charge in [0.15, 0.2) is 5.83 Å². The third kappa shape index (κ3) is 3.65. The van der Waals surface area contributed by atoms with Gasteiger partial charge in [-0.05, 0) is 18.4 Å². The Morgan fingerprint density at radius 3 is 2.70 bits per heavy atom. The van der Waals surface area contributed by atoms with E-state index in [9.17, 15) is 18.5 Å². The number of phosphoric ester groups is 1. The lowest BCUT2D eigenvalue weighted by molar-refractivity contribution is -0.146. The van der Waals surface area contributed by atoms with Crippen LogP contribution < -0.4 is 0 Å². The summed E-state index contributed by atoms with van der Waals surface area (Å²) in [6, 6.07) is 9.90. The molecule has 1 aromatic carbocycles. The van der Waals surface area contributed by atoms with Gasteiger partial charge in [-0.2, -0.15) is 0 Å². The van der Waals surface area contributed by atoms with Crippen molar-refractivity contribution in [1.29, 1.82) is 0 Å². The van der Waals surface area contributed by atoms with Gasteiger partial charge in [0, 0.05) is 18.0 Å². The summed E-state index contributed by atoms with van der Waals surface area (Å²) in [5.74, 6) is -2.39. The van der Waals surface area contributed by atoms with Crippen LogP contribution in [0.15, 0.2) is 42.4 Å². The molecular weight excluding hydrogens is 416 g/mol. The third-order valence-corrected chi connectivity index (χ3v) is 7.45. The van der Waals surface area contributed by atoms with E-state index in [-0.39, 0.29) is 25.0 Å². The van der Waals surface area contributed by atoms with Crippen LogP contribution in [0.2, 0.25) is 0 Å². The number of amides is 1. The van der Waals surface area contributed by atoms with E-state index < -0.39 is 50.2 Å². The van der Waals surface area contributed by atoms with Gasteiger partial charge in [-0.15, -0.1) is 0 Å². The maximum atomic E-state index is 13.6. The Morgan fingerprint density at radius 2 is 1.97 bits per heavy atom. The molecule has 0 aromatic heterocycles. The van der Waals surface area contributed by atoms with Crippen LogP contribution in [0.3, 0.4) is 0 Å². The van der Waals surface area contributed by atoms with E-state index in [1.165, 1.54) is 0 Å². The second-order valence-corrected chi connectivity index (χ2v) is 9.67. The van der Waals surface area contributed by atoms with E-state index in [2.05, 4.69) is 0 Å². The molecule has 2 saturated heterocycles. The predicted octanol–water partition coefficient (Wildman–Crippen LogP) is 2.99. The number of carbonyl (C=O) groups is 2. The first kappa shape index (κ1) is 20.0. The summed E-state index contributed by atoms with van der Waals surface area (Å²) in [5.41, 5.74) is 0.953. The Bertz CT molecular complexity index is 948. The molecule has 0 bridgehead atoms. The molecule has 1 aromatic rings. The van der Waals surface area contributed by atoms with Crippen LogP contribution in [0.25, 0.3) is 0 Å². The molecule has 4 aliphatic rings. The first-order chi connectivity index (χ1) is 14.4. The minimum absolute atomic E-state index is 0.0239. The van der Waals surface area contributed by atoms with Crippen molar-refractivity contribution in [3.05, 3.63) is 47.9 Å². The number of benzene rings is 1. The number of carbonyl (C=O) groups excluding carboxylic acids is 2. The number of halogens is 1. The number of fused-ring (bicyclic) bond motifs is 1. The lowest BCUT2D eigenvalue weighted by Crippen LogP contribution is -2.40. The molecule has 5 rings (SSSR count). The van der Waals surface area contributed by atoms with E-state index in [0.717, 1.165) is 29.5 Å². The van der Waals surface area contributed by atoms with Gasteiger partial charge in [0.1, 0.15) is 18.4 Å². The van der Waals surface area contributed by atoms with Crippen molar-refractivity contribution in [2.75, 3.05) is 13.2 Å². The summed E-state index contributed by atoms with van der Waals surface area (Å²) in [7, 11) is -3.79. The highest BCUT2D eigenvalue weighted by Crippen LogP contribution is 2.59. The molecule has 3 heterocycles. The normalized spacial score (nSPS) is 35.2. The maximum absolute atomic E-state index is 13.6. The molecule has 1 saturated carbocycles. The van der Waals surface area contributed by atoms with Crippen LogP contribution in [0.4, 0.5) is 4.39 Å². The van der Waals surface area contributed by atoms with Crippen LogP contribution in [0.1, 0.15) is 31.2 Å². The topological polar surface area (TPSA) is 91.4 Å². The Kier molecular flexibility index (Phi) is 4.91. The number of rotatable bonds is 5. The van der Waals surface area contributed by atoms with Gasteiger partial charge < -0.3 is 4.74 Å². The van der Waals surface area contributed by atoms with E-state index in [0.29, 0.717) is 0 Å². The fourth-order valence-corrected chi connectivity index (χ4v) is 5.53. The van der Waals surface area contributed by atoms with Crippen LogP contribution in [0, 0.1) is 0 Å². The quantitative estimate of drug-likeness (QED) is 0.517. The summed E-state index contributed by atoms with van der Waals surface area (Å²) >= 11 is 0. The molecule has 8 nitrogen and oxygen atoms in total. The first-order valence-corrected chi connectivity index (χ1v) is 11.3. The zero-order valence-electron chi connectivity index (χ0n) is 16.1. The van der Waals surface area contributed by atoms with Crippen LogP contribution >= 0.6 is 7.82 Å². The molecule has 160 valence electrons. The number of ketones is 1. The average Bonchev–Trinajstić information content (AvgIpc) is 3.43. The van der Waals surface area contributed by atoms with Crippen molar-refractivity contribution in [2.45, 2.75) is 49.5 Å². The first-order valence-electron chi connectivity index (χ1n) is 9.88. The van der Waals surface area contributed by atoms with E-state index >= 15 is 0 Å². The Hall–Kier alpha value is -1.90. The number of hydrogen-bond acceptors (Lipinski definition) is 7. The highest BCUT2D eigenvalue weighted by molar-refractivity contribution is 7.48. The number of phosphoric acid groups is 1. The summed E-state index contributed by atoms with van der Waals surface area (Å²) < 4.78 is 49.0. The maximum Gasteiger partial charge on any atom is 0.475 e. The molecule has 0 N–H and O–H groups in total. The van der Waals surface area contributed by atoms with Gasteiger partial charge >= 0.3 is 7.82 Å². The molecular formula is C20H21FNO7P. The second kappa shape index (κ2) is 7.35. The largest absolute Gasteiger partial charge is 0.475 e. The smallest absolute Gasteiger partial charge is 0.349 e. The van der Waals surface area contributed by atoms with Crippen molar-refractivity contribution < 1.29 is 36.9 Å². The SMILES string of the molecule is O=C1CC(=O)N([C@H]2C[C@@H]3OP(=O)(OCC4(c5ccccc5)CC4)OC[C@H]3O2)C=C1F. The highest BCUT2D eigenvalue weighted by Gasteiger charge is 2.52. The molecule has 4 atom stereocenters. The zero-order chi connectivity index (χ0) is 20.9. The van der Waals surface area contributed by atoms with Crippen molar-refractivity contribution in [3.8, 4) is 0 Å². The van der Waals surface area contributed by atoms with Crippen LogP contribution in [-0.2, 0) is 37.9 Å². The second-order valence-electron chi connectivity index (χ2n) is 8.05. The third-order valence-electron chi connectivity index (χ3n) is 6.01. The van der Waals surface area contributed by atoms with E-state index in [1.807, 2.05) is 30.3 Å². The lowest BCUT2D eigenvalue weighted by atomic mass is 9.97. The highest BCUT2D eigenvalue weighted by atomic mass is 31.2. The standard InChI is InChI=1S/C20H21FNO7P/c21-14-10-22(18(24)8-15(14)23)19-9-16-17(28-19)11-26-30(25,29-16)27-12-20(6-7-20)13-4-2-1-3-5-13/h1-5,10,16-17,19H,6-9,11-12H2/t16-,17+,19+,30?/m0/s1. The van der Waals surface area contributed by atoms with E-state index in [1.54, 1.807) is 0 Å². The van der Waals surface area contributed by atoms with Gasteiger partial charge in [0.25, 0.3) is 0 Å². The Balaban J connectivity index is 1.23. The van der Waals surface area contributed by atoms with Gasteiger partial charge in [0.05, 0.1) is 19.6 Å².